The molecule has 0 spiro atoms. The first-order chi connectivity index (χ1) is 13.7. The lowest BCUT2D eigenvalue weighted by molar-refractivity contribution is 0.622. The Hall–Kier alpha value is -3.00. The minimum absolute atomic E-state index is 0.293. The van der Waals surface area contributed by atoms with Crippen molar-refractivity contribution in [3.05, 3.63) is 60.2 Å². The third-order valence-electron chi connectivity index (χ3n) is 4.70. The van der Waals surface area contributed by atoms with Gasteiger partial charge in [0.15, 0.2) is 11.0 Å². The van der Waals surface area contributed by atoms with Crippen molar-refractivity contribution in [3.8, 4) is 11.4 Å². The summed E-state index contributed by atoms with van der Waals surface area (Å²) < 4.78 is 16.3. The molecule has 2 N–H and O–H groups in total. The second-order valence-electron chi connectivity index (χ2n) is 6.72. The second-order valence-corrected chi connectivity index (χ2v) is 7.66. The number of thioether (sulfide) groups is 1. The number of aromatic nitrogens is 5. The highest BCUT2D eigenvalue weighted by Gasteiger charge is 2.31. The predicted octanol–water partition coefficient (Wildman–Crippen LogP) is 4.24. The van der Waals surface area contributed by atoms with E-state index in [0.29, 0.717) is 34.8 Å². The van der Waals surface area contributed by atoms with E-state index in [0.717, 1.165) is 28.9 Å². The van der Waals surface area contributed by atoms with Crippen LogP contribution in [-0.4, -0.2) is 24.7 Å². The van der Waals surface area contributed by atoms with E-state index >= 15 is 0 Å². The number of para-hydroxylation sites is 1. The van der Waals surface area contributed by atoms with E-state index < -0.39 is 0 Å². The summed E-state index contributed by atoms with van der Waals surface area (Å²) in [5, 5.41) is 10.2. The predicted molar refractivity (Wildman–Crippen MR) is 107 cm³/mol. The number of benzene rings is 2. The molecule has 5 rings (SSSR count). The number of anilines is 1. The molecule has 2 aromatic heterocycles. The summed E-state index contributed by atoms with van der Waals surface area (Å²) in [6.07, 6.45) is 2.10. The van der Waals surface area contributed by atoms with Gasteiger partial charge in [-0.25, -0.2) is 14.4 Å². The first-order valence-electron chi connectivity index (χ1n) is 9.04. The summed E-state index contributed by atoms with van der Waals surface area (Å²) in [5.74, 6) is 1.90. The topological polar surface area (TPSA) is 82.5 Å². The lowest BCUT2D eigenvalue weighted by atomic mass is 10.2. The maximum Gasteiger partial charge on any atom is 0.192 e. The molecule has 0 aliphatic heterocycles. The average Bonchev–Trinajstić information content (AvgIpc) is 3.46. The number of rotatable bonds is 5. The molecule has 0 amide bonds. The molecule has 2 heterocycles. The molecule has 1 saturated carbocycles. The molecule has 28 heavy (non-hydrogen) atoms. The van der Waals surface area contributed by atoms with Gasteiger partial charge in [0, 0.05) is 11.4 Å². The lowest BCUT2D eigenvalue weighted by Gasteiger charge is -2.09. The molecule has 0 unspecified atom stereocenters. The number of nitrogen functional groups attached to an aromatic ring is 1. The molecular weight excluding hydrogens is 375 g/mol. The molecule has 140 valence electrons. The van der Waals surface area contributed by atoms with Crippen molar-refractivity contribution in [1.82, 2.24) is 24.7 Å². The van der Waals surface area contributed by atoms with E-state index in [2.05, 4.69) is 20.2 Å². The van der Waals surface area contributed by atoms with Crippen LogP contribution in [0.15, 0.2) is 53.7 Å². The largest absolute Gasteiger partial charge is 0.383 e. The van der Waals surface area contributed by atoms with Crippen molar-refractivity contribution in [2.24, 2.45) is 0 Å². The first-order valence-corrected chi connectivity index (χ1v) is 10.0. The standard InChI is InChI=1S/C20H17FN6S/c21-15-7-3-1-5-13(15)19-25-26-20(27(19)12-9-10-12)28-11-17-23-16-8-4-2-6-14(16)18(22)24-17/h1-8,12H,9-11H2,(H2,22,23,24). The molecule has 1 aliphatic carbocycles. The normalized spacial score (nSPS) is 13.9. The summed E-state index contributed by atoms with van der Waals surface area (Å²) in [6.45, 7) is 0. The molecule has 8 heteroatoms. The maximum atomic E-state index is 14.3. The molecule has 4 aromatic rings. The fourth-order valence-corrected chi connectivity index (χ4v) is 4.07. The van der Waals surface area contributed by atoms with Gasteiger partial charge in [-0.3, -0.25) is 4.57 Å². The van der Waals surface area contributed by atoms with Gasteiger partial charge in [-0.15, -0.1) is 10.2 Å². The van der Waals surface area contributed by atoms with Gasteiger partial charge in [-0.2, -0.15) is 0 Å². The van der Waals surface area contributed by atoms with Crippen molar-refractivity contribution < 1.29 is 4.39 Å². The van der Waals surface area contributed by atoms with Crippen LogP contribution < -0.4 is 5.73 Å². The third kappa shape index (κ3) is 3.09. The number of nitrogens with two attached hydrogens (primary N) is 1. The minimum atomic E-state index is -0.293. The molecule has 2 aromatic carbocycles. The Labute approximate surface area is 165 Å². The van der Waals surface area contributed by atoms with Crippen molar-refractivity contribution >= 4 is 28.5 Å². The van der Waals surface area contributed by atoms with Crippen LogP contribution in [0.1, 0.15) is 24.7 Å². The first kappa shape index (κ1) is 17.1. The quantitative estimate of drug-likeness (QED) is 0.512. The van der Waals surface area contributed by atoms with Crippen LogP contribution in [-0.2, 0) is 5.75 Å². The molecular formula is C20H17FN6S. The van der Waals surface area contributed by atoms with Gasteiger partial charge in [-0.05, 0) is 37.1 Å². The highest BCUT2D eigenvalue weighted by atomic mass is 32.2. The number of halogens is 1. The van der Waals surface area contributed by atoms with Crippen LogP contribution >= 0.6 is 11.8 Å². The van der Waals surface area contributed by atoms with Gasteiger partial charge in [0.1, 0.15) is 17.5 Å². The monoisotopic (exact) mass is 392 g/mol. The van der Waals surface area contributed by atoms with E-state index in [1.807, 2.05) is 34.9 Å². The highest BCUT2D eigenvalue weighted by molar-refractivity contribution is 7.98. The number of hydrogen-bond donors (Lipinski definition) is 1. The zero-order chi connectivity index (χ0) is 19.1. The summed E-state index contributed by atoms with van der Waals surface area (Å²) in [6, 6.07) is 14.6. The van der Waals surface area contributed by atoms with E-state index in [9.17, 15) is 4.39 Å². The zero-order valence-electron chi connectivity index (χ0n) is 14.9. The number of nitrogens with zero attached hydrogens (tertiary/aromatic N) is 5. The van der Waals surface area contributed by atoms with E-state index in [1.54, 1.807) is 12.1 Å². The van der Waals surface area contributed by atoms with Crippen LogP contribution in [0, 0.1) is 5.82 Å². The number of fused-ring (bicyclic) bond motifs is 1. The minimum Gasteiger partial charge on any atom is -0.383 e. The number of hydrogen-bond acceptors (Lipinski definition) is 6. The summed E-state index contributed by atoms with van der Waals surface area (Å²) in [5.41, 5.74) is 7.37. The molecule has 0 saturated heterocycles. The van der Waals surface area contributed by atoms with Crippen molar-refractivity contribution in [3.63, 3.8) is 0 Å². The summed E-state index contributed by atoms with van der Waals surface area (Å²) >= 11 is 1.49. The maximum absolute atomic E-state index is 14.3. The fourth-order valence-electron chi connectivity index (χ4n) is 3.21. The highest BCUT2D eigenvalue weighted by Crippen LogP contribution is 2.41. The van der Waals surface area contributed by atoms with Crippen molar-refractivity contribution in [2.75, 3.05) is 5.73 Å². The lowest BCUT2D eigenvalue weighted by Crippen LogP contribution is -2.03. The Morgan fingerprint density at radius 3 is 2.64 bits per heavy atom. The molecule has 0 bridgehead atoms. The Morgan fingerprint density at radius 2 is 1.82 bits per heavy atom. The van der Waals surface area contributed by atoms with Gasteiger partial charge in [0.25, 0.3) is 0 Å². The van der Waals surface area contributed by atoms with Gasteiger partial charge in [-0.1, -0.05) is 36.0 Å². The molecule has 6 nitrogen and oxygen atoms in total. The second kappa shape index (κ2) is 6.87. The van der Waals surface area contributed by atoms with E-state index in [1.165, 1.54) is 17.8 Å². The van der Waals surface area contributed by atoms with E-state index in [-0.39, 0.29) is 5.82 Å². The average molecular weight is 392 g/mol. The molecule has 0 radical (unpaired) electrons. The van der Waals surface area contributed by atoms with Gasteiger partial charge in [0.2, 0.25) is 0 Å². The van der Waals surface area contributed by atoms with Crippen molar-refractivity contribution in [1.29, 1.82) is 0 Å². The van der Waals surface area contributed by atoms with E-state index in [4.69, 9.17) is 5.73 Å². The molecule has 1 fully saturated rings. The van der Waals surface area contributed by atoms with Crippen LogP contribution in [0.2, 0.25) is 0 Å². The Balaban J connectivity index is 1.46. The Bertz CT molecular complexity index is 1170. The summed E-state index contributed by atoms with van der Waals surface area (Å²) in [4.78, 5) is 9.00. The molecule has 1 aliphatic rings. The van der Waals surface area contributed by atoms with Crippen LogP contribution in [0.4, 0.5) is 10.2 Å². The zero-order valence-corrected chi connectivity index (χ0v) is 15.7. The van der Waals surface area contributed by atoms with Crippen LogP contribution in [0.5, 0.6) is 0 Å². The van der Waals surface area contributed by atoms with Gasteiger partial charge < -0.3 is 5.73 Å². The Kier molecular flexibility index (Phi) is 4.20. The molecule has 0 atom stereocenters. The summed E-state index contributed by atoms with van der Waals surface area (Å²) in [7, 11) is 0. The Morgan fingerprint density at radius 1 is 1.04 bits per heavy atom. The smallest absolute Gasteiger partial charge is 0.192 e. The van der Waals surface area contributed by atoms with Crippen LogP contribution in [0.3, 0.4) is 0 Å². The van der Waals surface area contributed by atoms with Crippen LogP contribution in [0.25, 0.3) is 22.3 Å². The third-order valence-corrected chi connectivity index (χ3v) is 5.64. The van der Waals surface area contributed by atoms with Gasteiger partial charge >= 0.3 is 0 Å². The SMILES string of the molecule is Nc1nc(CSc2nnc(-c3ccccc3F)n2C2CC2)nc2ccccc12. The fraction of sp³-hybridized carbons (Fsp3) is 0.200. The van der Waals surface area contributed by atoms with Crippen molar-refractivity contribution in [2.45, 2.75) is 29.8 Å². The van der Waals surface area contributed by atoms with Gasteiger partial charge in [0.05, 0.1) is 16.8 Å².